The summed E-state index contributed by atoms with van der Waals surface area (Å²) in [5.74, 6) is -0.672. The van der Waals surface area contributed by atoms with E-state index in [1.54, 1.807) is 4.57 Å². The number of aliphatic hydroxyl groups excluding tert-OH is 2. The third kappa shape index (κ3) is 1.92. The minimum atomic E-state index is -1.55. The Bertz CT molecular complexity index is 759. The second-order valence-corrected chi connectivity index (χ2v) is 5.99. The number of nitrogens with two attached hydrogens (primary N) is 1. The maximum Gasteiger partial charge on any atom is 0.223 e. The first-order valence-electron chi connectivity index (χ1n) is 6.64. The van der Waals surface area contributed by atoms with Crippen LogP contribution in [0, 0.1) is 5.92 Å². The number of aromatic nitrogens is 4. The number of aliphatic hydroxyl groups is 3. The smallest absolute Gasteiger partial charge is 0.223 e. The third-order valence-corrected chi connectivity index (χ3v) is 4.50. The minimum absolute atomic E-state index is 0.0261. The largest absolute Gasteiger partial charge is 0.396 e. The molecule has 8 nitrogen and oxygen atoms in total. The summed E-state index contributed by atoms with van der Waals surface area (Å²) in [7, 11) is 0. The molecule has 5 N–H and O–H groups in total. The van der Waals surface area contributed by atoms with Crippen LogP contribution in [0.3, 0.4) is 0 Å². The predicted molar refractivity (Wildman–Crippen MR) is 80.1 cm³/mol. The topological polar surface area (TPSA) is 130 Å². The van der Waals surface area contributed by atoms with Crippen LogP contribution in [-0.4, -0.2) is 53.2 Å². The maximum absolute atomic E-state index is 10.7. The quantitative estimate of drug-likeness (QED) is 0.447. The molecule has 0 spiro atoms. The average molecular weight is 326 g/mol. The summed E-state index contributed by atoms with van der Waals surface area (Å²) in [6.45, 7) is 5.06. The van der Waals surface area contributed by atoms with Crippen LogP contribution in [0.15, 0.2) is 18.5 Å². The molecule has 0 aliphatic heterocycles. The highest BCUT2D eigenvalue weighted by Gasteiger charge is 2.54. The van der Waals surface area contributed by atoms with Gasteiger partial charge in [0.2, 0.25) is 5.95 Å². The Morgan fingerprint density at radius 3 is 2.77 bits per heavy atom. The normalized spacial score (nSPS) is 32.0. The number of hydrogen-bond acceptors (Lipinski definition) is 7. The van der Waals surface area contributed by atoms with E-state index < -0.39 is 23.7 Å². The van der Waals surface area contributed by atoms with Crippen molar-refractivity contribution in [1.29, 1.82) is 0 Å². The Labute approximate surface area is 130 Å². The number of nitrogen functional groups attached to an aromatic ring is 1. The van der Waals surface area contributed by atoms with Gasteiger partial charge in [0.05, 0.1) is 25.1 Å². The van der Waals surface area contributed by atoms with Gasteiger partial charge < -0.3 is 25.6 Å². The molecule has 1 aliphatic rings. The summed E-state index contributed by atoms with van der Waals surface area (Å²) in [5, 5.41) is 30.5. The van der Waals surface area contributed by atoms with Crippen LogP contribution in [-0.2, 0) is 0 Å². The molecule has 4 unspecified atom stereocenters. The van der Waals surface area contributed by atoms with E-state index in [2.05, 4.69) is 21.5 Å². The molecule has 2 aromatic heterocycles. The van der Waals surface area contributed by atoms with Gasteiger partial charge in [-0.1, -0.05) is 18.2 Å². The Hall–Kier alpha value is -1.74. The van der Waals surface area contributed by atoms with Crippen LogP contribution in [0.25, 0.3) is 11.2 Å². The molecule has 9 heteroatoms. The first-order valence-corrected chi connectivity index (χ1v) is 7.02. The lowest BCUT2D eigenvalue weighted by atomic mass is 9.96. The van der Waals surface area contributed by atoms with Crippen molar-refractivity contribution in [2.75, 3.05) is 12.3 Å². The summed E-state index contributed by atoms with van der Waals surface area (Å²) in [6, 6.07) is -0.727. The van der Waals surface area contributed by atoms with Gasteiger partial charge in [0.25, 0.3) is 0 Å². The zero-order chi connectivity index (χ0) is 16.2. The second kappa shape index (κ2) is 4.88. The SMILES string of the molecule is C=C1C(CO)C(O)C(C)(O)C1n1cnc2c(Cl)nc(N)nc21. The summed E-state index contributed by atoms with van der Waals surface area (Å²) >= 11 is 5.99. The molecule has 0 radical (unpaired) electrons. The summed E-state index contributed by atoms with van der Waals surface area (Å²) < 4.78 is 1.54. The van der Waals surface area contributed by atoms with Gasteiger partial charge in [-0.3, -0.25) is 0 Å². The van der Waals surface area contributed by atoms with Gasteiger partial charge in [-0.05, 0) is 12.5 Å². The van der Waals surface area contributed by atoms with E-state index in [-0.39, 0.29) is 17.7 Å². The zero-order valence-corrected chi connectivity index (χ0v) is 12.6. The van der Waals surface area contributed by atoms with Gasteiger partial charge in [-0.2, -0.15) is 9.97 Å². The average Bonchev–Trinajstić information content (AvgIpc) is 2.89. The number of hydrogen-bond donors (Lipinski definition) is 4. The van der Waals surface area contributed by atoms with Crippen molar-refractivity contribution in [3.05, 3.63) is 23.6 Å². The Morgan fingerprint density at radius 2 is 2.18 bits per heavy atom. The van der Waals surface area contributed by atoms with E-state index in [1.807, 2.05) is 0 Å². The fraction of sp³-hybridized carbons (Fsp3) is 0.462. The van der Waals surface area contributed by atoms with Gasteiger partial charge in [0.15, 0.2) is 10.8 Å². The standard InChI is InChI=1S/C13H16ClN5O3/c1-5-6(3-20)9(21)13(2,22)8(5)19-4-16-7-10(14)17-12(15)18-11(7)19/h4,6,8-9,20-22H,1,3H2,2H3,(H2,15,17,18). The summed E-state index contributed by atoms with van der Waals surface area (Å²) in [5.41, 5.74) is 5.20. The van der Waals surface area contributed by atoms with Gasteiger partial charge in [-0.25, -0.2) is 4.98 Å². The van der Waals surface area contributed by atoms with Crippen LogP contribution in [0.2, 0.25) is 5.15 Å². The molecule has 0 aromatic carbocycles. The van der Waals surface area contributed by atoms with Gasteiger partial charge in [-0.15, -0.1) is 0 Å². The number of nitrogens with zero attached hydrogens (tertiary/aromatic N) is 4. The van der Waals surface area contributed by atoms with Crippen molar-refractivity contribution >= 4 is 28.7 Å². The first kappa shape index (κ1) is 15.2. The number of halogens is 1. The lowest BCUT2D eigenvalue weighted by molar-refractivity contribution is -0.0776. The van der Waals surface area contributed by atoms with Gasteiger partial charge in [0.1, 0.15) is 11.1 Å². The second-order valence-electron chi connectivity index (χ2n) is 5.63. The monoisotopic (exact) mass is 325 g/mol. The van der Waals surface area contributed by atoms with Crippen LogP contribution in [0.4, 0.5) is 5.95 Å². The Balaban J connectivity index is 2.21. The molecule has 22 heavy (non-hydrogen) atoms. The highest BCUT2D eigenvalue weighted by molar-refractivity contribution is 6.33. The van der Waals surface area contributed by atoms with E-state index in [0.29, 0.717) is 16.7 Å². The van der Waals surface area contributed by atoms with Crippen molar-refractivity contribution in [3.8, 4) is 0 Å². The predicted octanol–water partition coefficient (Wildman–Crippen LogP) is -0.107. The van der Waals surface area contributed by atoms with E-state index in [9.17, 15) is 15.3 Å². The summed E-state index contributed by atoms with van der Waals surface area (Å²) in [4.78, 5) is 12.1. The van der Waals surface area contributed by atoms with Crippen LogP contribution < -0.4 is 5.73 Å². The van der Waals surface area contributed by atoms with Gasteiger partial charge in [0, 0.05) is 5.92 Å². The molecule has 4 atom stereocenters. The van der Waals surface area contributed by atoms with E-state index in [1.165, 1.54) is 13.3 Å². The van der Waals surface area contributed by atoms with E-state index in [0.717, 1.165) is 0 Å². The van der Waals surface area contributed by atoms with Crippen molar-refractivity contribution in [2.45, 2.75) is 24.7 Å². The lowest BCUT2D eigenvalue weighted by Gasteiger charge is -2.29. The maximum atomic E-state index is 10.7. The highest BCUT2D eigenvalue weighted by atomic mass is 35.5. The summed E-state index contributed by atoms with van der Waals surface area (Å²) in [6.07, 6.45) is 0.267. The third-order valence-electron chi connectivity index (χ3n) is 4.23. The molecular weight excluding hydrogens is 310 g/mol. The molecule has 118 valence electrons. The van der Waals surface area contributed by atoms with Crippen molar-refractivity contribution in [1.82, 2.24) is 19.5 Å². The number of fused-ring (bicyclic) bond motifs is 1. The fourth-order valence-electron chi connectivity index (χ4n) is 3.11. The molecule has 1 saturated carbocycles. The van der Waals surface area contributed by atoms with Crippen LogP contribution in [0.1, 0.15) is 13.0 Å². The molecule has 0 saturated heterocycles. The Morgan fingerprint density at radius 1 is 1.50 bits per heavy atom. The van der Waals surface area contributed by atoms with Crippen molar-refractivity contribution < 1.29 is 15.3 Å². The van der Waals surface area contributed by atoms with Crippen molar-refractivity contribution in [2.24, 2.45) is 5.92 Å². The lowest BCUT2D eigenvalue weighted by Crippen LogP contribution is -2.42. The molecule has 3 rings (SSSR count). The first-order chi connectivity index (χ1) is 10.3. The molecule has 1 fully saturated rings. The molecule has 0 amide bonds. The number of imidazole rings is 1. The Kier molecular flexibility index (Phi) is 3.37. The van der Waals surface area contributed by atoms with Crippen LogP contribution >= 0.6 is 11.6 Å². The van der Waals surface area contributed by atoms with E-state index >= 15 is 0 Å². The molecular formula is C13H16ClN5O3. The molecule has 1 aliphatic carbocycles. The molecule has 2 heterocycles. The minimum Gasteiger partial charge on any atom is -0.396 e. The molecule has 2 aromatic rings. The zero-order valence-electron chi connectivity index (χ0n) is 11.8. The van der Waals surface area contributed by atoms with Crippen LogP contribution in [0.5, 0.6) is 0 Å². The number of rotatable bonds is 2. The van der Waals surface area contributed by atoms with Crippen molar-refractivity contribution in [3.63, 3.8) is 0 Å². The number of anilines is 1. The molecule has 0 bridgehead atoms. The van der Waals surface area contributed by atoms with Gasteiger partial charge >= 0.3 is 0 Å². The van der Waals surface area contributed by atoms with E-state index in [4.69, 9.17) is 17.3 Å². The highest BCUT2D eigenvalue weighted by Crippen LogP contribution is 2.47. The fourth-order valence-corrected chi connectivity index (χ4v) is 3.33.